The van der Waals surface area contributed by atoms with Gasteiger partial charge in [0.2, 0.25) is 0 Å². The Hall–Kier alpha value is -0.880. The van der Waals surface area contributed by atoms with Crippen LogP contribution in [0.5, 0.6) is 0 Å². The SMILES string of the molecule is CC(NC1CCCS(=O)(=O)C1)c1ccnn1C. The second-order valence-corrected chi connectivity index (χ2v) is 6.95. The average molecular weight is 257 g/mol. The van der Waals surface area contributed by atoms with Crippen LogP contribution in [-0.2, 0) is 16.9 Å². The minimum absolute atomic E-state index is 0.0682. The monoisotopic (exact) mass is 257 g/mol. The lowest BCUT2D eigenvalue weighted by Crippen LogP contribution is -2.41. The van der Waals surface area contributed by atoms with Crippen LogP contribution >= 0.6 is 0 Å². The van der Waals surface area contributed by atoms with E-state index in [4.69, 9.17) is 0 Å². The van der Waals surface area contributed by atoms with Gasteiger partial charge >= 0.3 is 0 Å². The molecule has 0 bridgehead atoms. The molecule has 1 N–H and O–H groups in total. The first-order valence-electron chi connectivity index (χ1n) is 5.92. The Balaban J connectivity index is 2.00. The number of hydrogen-bond acceptors (Lipinski definition) is 4. The lowest BCUT2D eigenvalue weighted by molar-refractivity contribution is 0.424. The highest BCUT2D eigenvalue weighted by Crippen LogP contribution is 2.17. The van der Waals surface area contributed by atoms with Gasteiger partial charge in [-0.25, -0.2) is 8.42 Å². The van der Waals surface area contributed by atoms with Crippen molar-refractivity contribution < 1.29 is 8.42 Å². The molecule has 5 nitrogen and oxygen atoms in total. The van der Waals surface area contributed by atoms with Crippen LogP contribution in [-0.4, -0.2) is 35.7 Å². The Kier molecular flexibility index (Phi) is 3.53. The van der Waals surface area contributed by atoms with E-state index in [-0.39, 0.29) is 17.8 Å². The molecule has 1 aliphatic heterocycles. The zero-order chi connectivity index (χ0) is 12.5. The molecule has 2 unspecified atom stereocenters. The first-order valence-corrected chi connectivity index (χ1v) is 7.74. The maximum absolute atomic E-state index is 11.5. The third-order valence-corrected chi connectivity index (χ3v) is 5.07. The van der Waals surface area contributed by atoms with Crippen molar-refractivity contribution in [1.29, 1.82) is 0 Å². The lowest BCUT2D eigenvalue weighted by atomic mass is 10.1. The van der Waals surface area contributed by atoms with Crippen molar-refractivity contribution in [3.8, 4) is 0 Å². The van der Waals surface area contributed by atoms with Crippen LogP contribution in [0.15, 0.2) is 12.3 Å². The van der Waals surface area contributed by atoms with E-state index >= 15 is 0 Å². The maximum atomic E-state index is 11.5. The molecule has 0 radical (unpaired) electrons. The van der Waals surface area contributed by atoms with Gasteiger partial charge in [-0.1, -0.05) is 0 Å². The molecular formula is C11H19N3O2S. The Morgan fingerprint density at radius 3 is 2.94 bits per heavy atom. The van der Waals surface area contributed by atoms with E-state index in [9.17, 15) is 8.42 Å². The van der Waals surface area contributed by atoms with E-state index in [0.717, 1.165) is 18.5 Å². The molecule has 1 aliphatic rings. The molecule has 1 fully saturated rings. The van der Waals surface area contributed by atoms with Crippen LogP contribution in [0.4, 0.5) is 0 Å². The van der Waals surface area contributed by atoms with Crippen molar-refractivity contribution in [2.45, 2.75) is 31.8 Å². The first kappa shape index (κ1) is 12.6. The molecular weight excluding hydrogens is 238 g/mol. The number of rotatable bonds is 3. The van der Waals surface area contributed by atoms with Gasteiger partial charge in [-0.15, -0.1) is 0 Å². The van der Waals surface area contributed by atoms with E-state index in [0.29, 0.717) is 5.75 Å². The molecule has 17 heavy (non-hydrogen) atoms. The maximum Gasteiger partial charge on any atom is 0.151 e. The van der Waals surface area contributed by atoms with Gasteiger partial charge in [0.25, 0.3) is 0 Å². The van der Waals surface area contributed by atoms with Crippen LogP contribution in [0, 0.1) is 0 Å². The minimum atomic E-state index is -2.84. The summed E-state index contributed by atoms with van der Waals surface area (Å²) in [6, 6.07) is 2.15. The number of aryl methyl sites for hydroxylation is 1. The summed E-state index contributed by atoms with van der Waals surface area (Å²) < 4.78 is 24.9. The molecule has 2 heterocycles. The quantitative estimate of drug-likeness (QED) is 0.863. The fraction of sp³-hybridized carbons (Fsp3) is 0.727. The molecule has 0 aliphatic carbocycles. The fourth-order valence-electron chi connectivity index (χ4n) is 2.40. The zero-order valence-electron chi connectivity index (χ0n) is 10.3. The Morgan fingerprint density at radius 2 is 2.35 bits per heavy atom. The molecule has 0 saturated carbocycles. The molecule has 0 amide bonds. The number of hydrogen-bond donors (Lipinski definition) is 1. The summed E-state index contributed by atoms with van der Waals surface area (Å²) >= 11 is 0. The van der Waals surface area contributed by atoms with Crippen molar-refractivity contribution in [3.05, 3.63) is 18.0 Å². The summed E-state index contributed by atoms with van der Waals surface area (Å²) in [6.07, 6.45) is 3.45. The Labute approximate surface area is 102 Å². The molecule has 0 spiro atoms. The number of nitrogens with zero attached hydrogens (tertiary/aromatic N) is 2. The topological polar surface area (TPSA) is 64.0 Å². The van der Waals surface area contributed by atoms with Crippen molar-refractivity contribution in [2.75, 3.05) is 11.5 Å². The standard InChI is InChI=1S/C11H19N3O2S/c1-9(11-5-6-12-14(11)2)13-10-4-3-7-17(15,16)8-10/h5-6,9-10,13H,3-4,7-8H2,1-2H3. The van der Waals surface area contributed by atoms with E-state index in [1.807, 2.05) is 24.7 Å². The summed E-state index contributed by atoms with van der Waals surface area (Å²) in [5.74, 6) is 0.598. The van der Waals surface area contributed by atoms with Crippen molar-refractivity contribution in [1.82, 2.24) is 15.1 Å². The normalized spacial score (nSPS) is 25.6. The summed E-state index contributed by atoms with van der Waals surface area (Å²) in [7, 11) is -0.947. The smallest absolute Gasteiger partial charge is 0.151 e. The molecule has 6 heteroatoms. The molecule has 2 atom stereocenters. The first-order chi connectivity index (χ1) is 7.98. The summed E-state index contributed by atoms with van der Waals surface area (Å²) in [4.78, 5) is 0. The molecule has 1 aromatic rings. The molecule has 1 saturated heterocycles. The highest BCUT2D eigenvalue weighted by Gasteiger charge is 2.26. The zero-order valence-corrected chi connectivity index (χ0v) is 11.1. The van der Waals surface area contributed by atoms with Gasteiger partial charge in [-0.05, 0) is 25.8 Å². The second kappa shape index (κ2) is 4.78. The lowest BCUT2D eigenvalue weighted by Gasteiger charge is -2.26. The van der Waals surface area contributed by atoms with Crippen molar-refractivity contribution >= 4 is 9.84 Å². The molecule has 1 aromatic heterocycles. The Morgan fingerprint density at radius 1 is 1.59 bits per heavy atom. The number of nitrogens with one attached hydrogen (secondary N) is 1. The third-order valence-electron chi connectivity index (χ3n) is 3.25. The number of sulfone groups is 1. The highest BCUT2D eigenvalue weighted by molar-refractivity contribution is 7.91. The summed E-state index contributed by atoms with van der Waals surface area (Å²) in [5.41, 5.74) is 1.08. The predicted molar refractivity (Wildman–Crippen MR) is 66.4 cm³/mol. The second-order valence-electron chi connectivity index (χ2n) is 4.72. The highest BCUT2D eigenvalue weighted by atomic mass is 32.2. The number of aromatic nitrogens is 2. The minimum Gasteiger partial charge on any atom is -0.305 e. The van der Waals surface area contributed by atoms with E-state index in [1.165, 1.54) is 0 Å². The van der Waals surface area contributed by atoms with Crippen molar-refractivity contribution in [3.63, 3.8) is 0 Å². The van der Waals surface area contributed by atoms with E-state index in [1.54, 1.807) is 6.20 Å². The summed E-state index contributed by atoms with van der Waals surface area (Å²) in [5, 5.41) is 7.50. The van der Waals surface area contributed by atoms with Crippen LogP contribution < -0.4 is 5.32 Å². The predicted octanol–water partition coefficient (Wildman–Crippen LogP) is 0.648. The molecule has 2 rings (SSSR count). The van der Waals surface area contributed by atoms with Crippen LogP contribution in [0.25, 0.3) is 0 Å². The van der Waals surface area contributed by atoms with Gasteiger partial charge in [-0.2, -0.15) is 5.10 Å². The van der Waals surface area contributed by atoms with Gasteiger partial charge in [0.15, 0.2) is 9.84 Å². The van der Waals surface area contributed by atoms with Gasteiger partial charge < -0.3 is 5.32 Å². The third kappa shape index (κ3) is 3.07. The van der Waals surface area contributed by atoms with E-state index < -0.39 is 9.84 Å². The largest absolute Gasteiger partial charge is 0.305 e. The van der Waals surface area contributed by atoms with E-state index in [2.05, 4.69) is 10.4 Å². The fourth-order valence-corrected chi connectivity index (χ4v) is 4.05. The van der Waals surface area contributed by atoms with Crippen LogP contribution in [0.3, 0.4) is 0 Å². The van der Waals surface area contributed by atoms with Gasteiger partial charge in [0.1, 0.15) is 0 Å². The molecule has 0 aromatic carbocycles. The average Bonchev–Trinajstić information content (AvgIpc) is 2.62. The van der Waals surface area contributed by atoms with Gasteiger partial charge in [0, 0.05) is 25.3 Å². The Bertz CT molecular complexity index is 481. The molecule has 96 valence electrons. The van der Waals surface area contributed by atoms with Crippen LogP contribution in [0.2, 0.25) is 0 Å². The summed E-state index contributed by atoms with van der Waals surface area (Å²) in [6.45, 7) is 2.04. The van der Waals surface area contributed by atoms with Crippen molar-refractivity contribution in [2.24, 2.45) is 7.05 Å². The van der Waals surface area contributed by atoms with Crippen LogP contribution in [0.1, 0.15) is 31.5 Å². The van der Waals surface area contributed by atoms with Gasteiger partial charge in [0.05, 0.1) is 17.2 Å². The van der Waals surface area contributed by atoms with Gasteiger partial charge in [-0.3, -0.25) is 4.68 Å².